The maximum absolute atomic E-state index is 10.4. The molecule has 0 saturated heterocycles. The van der Waals surface area contributed by atoms with Crippen LogP contribution in [0.2, 0.25) is 0 Å². The molecular formula is C47H31NO. The van der Waals surface area contributed by atoms with Gasteiger partial charge in [0.2, 0.25) is 0 Å². The maximum atomic E-state index is 10.4. The van der Waals surface area contributed by atoms with Gasteiger partial charge in [-0.2, -0.15) is 0 Å². The van der Waals surface area contributed by atoms with Gasteiger partial charge in [0.05, 0.1) is 38.4 Å². The van der Waals surface area contributed by atoms with Gasteiger partial charge >= 0.3 is 0 Å². The van der Waals surface area contributed by atoms with Gasteiger partial charge in [0.25, 0.3) is 0 Å². The highest BCUT2D eigenvalue weighted by molar-refractivity contribution is 6.22. The minimum absolute atomic E-state index is 0.204. The zero-order valence-electron chi connectivity index (χ0n) is 41.5. The maximum Gasteiger partial charge on any atom is 0.132 e. The van der Waals surface area contributed by atoms with E-state index in [-0.39, 0.29) is 11.1 Å². The van der Waals surface area contributed by atoms with E-state index in [0.717, 1.165) is 28.0 Å². The highest BCUT2D eigenvalue weighted by Gasteiger charge is 2.45. The molecule has 2 nitrogen and oxygen atoms in total. The largest absolute Gasteiger partial charge is 0.457 e. The van der Waals surface area contributed by atoms with Crippen LogP contribution < -0.4 is 4.74 Å². The van der Waals surface area contributed by atoms with Crippen molar-refractivity contribution in [3.8, 4) is 28.3 Å². The summed E-state index contributed by atoms with van der Waals surface area (Å²) < 4.78 is 155. The fourth-order valence-corrected chi connectivity index (χ4v) is 7.19. The molecule has 1 aliphatic rings. The molecule has 0 bridgehead atoms. The Bertz CT molecular complexity index is 3550. The zero-order valence-corrected chi connectivity index (χ0v) is 25.5. The summed E-state index contributed by atoms with van der Waals surface area (Å²) in [5.41, 5.74) is -2.99. The predicted molar refractivity (Wildman–Crippen MR) is 202 cm³/mol. The van der Waals surface area contributed by atoms with E-state index in [2.05, 4.69) is 4.57 Å². The van der Waals surface area contributed by atoms with Gasteiger partial charge in [0, 0.05) is 33.0 Å². The SMILES string of the molecule is [2H]c1cc(C2(c3c([2H])c([2H])c([2H])c([2H])c3[2H])c3c([2H])c([2H])c([2H])c([2H])c3Oc3c([2H])c([2H])c(-c4cccc5c4c4ccc6ccccc6c4n5-c4ccccc4)c([2H])c32)c([2H])c([2H])c1[2H]. The highest BCUT2D eigenvalue weighted by Crippen LogP contribution is 2.56. The normalized spacial score (nSPS) is 19.8. The lowest BCUT2D eigenvalue weighted by Gasteiger charge is -2.41. The standard InChI is InChI=1S/C47H31NO/c1-4-16-34(17-5-1)47(35-18-6-2-7-19-35)40-24-12-13-26-43(40)49-44-30-28-33(31-41(44)47)37-23-14-25-42-45(37)39-29-27-32-15-10-11-22-38(32)46(39)48(42)36-20-8-3-9-21-36/h1-31H/i1D,2D,4D,5D,6D,7D,12D,13D,16D,17D,18D,24D,26D,28D,30D,31D. The van der Waals surface area contributed by atoms with Crippen molar-refractivity contribution in [3.05, 3.63) is 210 Å². The molecule has 0 fully saturated rings. The van der Waals surface area contributed by atoms with Crippen molar-refractivity contribution in [2.24, 2.45) is 0 Å². The van der Waals surface area contributed by atoms with Crippen LogP contribution in [-0.2, 0) is 5.41 Å². The van der Waals surface area contributed by atoms with Crippen LogP contribution in [0.5, 0.6) is 11.5 Å². The summed E-state index contributed by atoms with van der Waals surface area (Å²) in [6.07, 6.45) is 0. The molecule has 0 saturated carbocycles. The molecule has 2 heterocycles. The van der Waals surface area contributed by atoms with E-state index in [1.165, 1.54) is 0 Å². The highest BCUT2D eigenvalue weighted by atomic mass is 16.5. The second-order valence-electron chi connectivity index (χ2n) is 11.6. The number of nitrogens with zero attached hydrogens (tertiary/aromatic N) is 1. The molecule has 230 valence electrons. The van der Waals surface area contributed by atoms with Gasteiger partial charge in [-0.1, -0.05) is 151 Å². The van der Waals surface area contributed by atoms with Crippen LogP contribution in [0.1, 0.15) is 44.2 Å². The molecule has 0 N–H and O–H groups in total. The summed E-state index contributed by atoms with van der Waals surface area (Å²) in [4.78, 5) is 0. The third-order valence-electron chi connectivity index (χ3n) is 9.17. The molecule has 8 aromatic carbocycles. The van der Waals surface area contributed by atoms with Crippen molar-refractivity contribution in [2.75, 3.05) is 0 Å². The fraction of sp³-hybridized carbons (Fsp3) is 0.0213. The monoisotopic (exact) mass is 641 g/mol. The number of benzene rings is 8. The molecule has 0 aliphatic carbocycles. The first-order chi connectivity index (χ1) is 31.0. The summed E-state index contributed by atoms with van der Waals surface area (Å²) >= 11 is 0. The van der Waals surface area contributed by atoms with E-state index in [1.54, 1.807) is 12.1 Å². The van der Waals surface area contributed by atoms with Crippen molar-refractivity contribution < 1.29 is 26.7 Å². The fourth-order valence-electron chi connectivity index (χ4n) is 7.19. The van der Waals surface area contributed by atoms with E-state index in [0.29, 0.717) is 16.3 Å². The molecule has 2 heteroatoms. The van der Waals surface area contributed by atoms with Gasteiger partial charge in [-0.05, 0) is 64.0 Å². The molecule has 0 spiro atoms. The topological polar surface area (TPSA) is 14.2 Å². The van der Waals surface area contributed by atoms with Crippen LogP contribution in [0.15, 0.2) is 188 Å². The van der Waals surface area contributed by atoms with Crippen LogP contribution in [-0.4, -0.2) is 4.57 Å². The zero-order chi connectivity index (χ0) is 46.3. The summed E-state index contributed by atoms with van der Waals surface area (Å²) in [6.45, 7) is 0. The molecule has 1 aromatic heterocycles. The van der Waals surface area contributed by atoms with Crippen molar-refractivity contribution in [1.29, 1.82) is 0 Å². The molecule has 1 aliphatic heterocycles. The van der Waals surface area contributed by atoms with Crippen LogP contribution in [0.3, 0.4) is 0 Å². The first-order valence-electron chi connectivity index (χ1n) is 23.5. The average Bonchev–Trinajstić information content (AvgIpc) is 3.66. The van der Waals surface area contributed by atoms with Gasteiger partial charge in [-0.15, -0.1) is 0 Å². The summed E-state index contributed by atoms with van der Waals surface area (Å²) in [5.74, 6) is -1.34. The smallest absolute Gasteiger partial charge is 0.132 e. The van der Waals surface area contributed by atoms with Crippen molar-refractivity contribution in [1.82, 2.24) is 4.57 Å². The third kappa shape index (κ3) is 4.01. The molecule has 0 radical (unpaired) electrons. The van der Waals surface area contributed by atoms with Gasteiger partial charge in [0.15, 0.2) is 0 Å². The Hall–Kier alpha value is -6.38. The van der Waals surface area contributed by atoms with E-state index in [1.807, 2.05) is 72.8 Å². The number of ether oxygens (including phenoxy) is 1. The first-order valence-corrected chi connectivity index (χ1v) is 15.5. The summed E-state index contributed by atoms with van der Waals surface area (Å²) in [6, 6.07) is 14.7. The molecule has 0 amide bonds. The van der Waals surface area contributed by atoms with Gasteiger partial charge in [-0.3, -0.25) is 0 Å². The molecule has 1 atom stereocenters. The second kappa shape index (κ2) is 10.8. The number of rotatable bonds is 4. The van der Waals surface area contributed by atoms with Crippen LogP contribution >= 0.6 is 0 Å². The quantitative estimate of drug-likeness (QED) is 0.186. The first kappa shape index (κ1) is 16.1. The third-order valence-corrected chi connectivity index (χ3v) is 9.17. The Labute approximate surface area is 307 Å². The average molecular weight is 642 g/mol. The van der Waals surface area contributed by atoms with Crippen molar-refractivity contribution >= 4 is 32.6 Å². The Balaban J connectivity index is 1.48. The lowest BCUT2D eigenvalue weighted by Crippen LogP contribution is -2.34. The summed E-state index contributed by atoms with van der Waals surface area (Å²) in [7, 11) is 0. The molecule has 1 unspecified atom stereocenters. The number of hydrogen-bond donors (Lipinski definition) is 0. The Kier molecular flexibility index (Phi) is 3.57. The van der Waals surface area contributed by atoms with Gasteiger partial charge in [-0.25, -0.2) is 0 Å². The number of hydrogen-bond acceptors (Lipinski definition) is 1. The summed E-state index contributed by atoms with van der Waals surface area (Å²) in [5, 5.41) is 3.07. The predicted octanol–water partition coefficient (Wildman–Crippen LogP) is 12.1. The number of para-hydroxylation sites is 2. The Morgan fingerprint density at radius 1 is 0.531 bits per heavy atom. The molecular weight excluding hydrogens is 595 g/mol. The van der Waals surface area contributed by atoms with Crippen LogP contribution in [0, 0.1) is 0 Å². The minimum Gasteiger partial charge on any atom is -0.457 e. The molecule has 9 aromatic rings. The van der Waals surface area contributed by atoms with E-state index in [9.17, 15) is 9.60 Å². The lowest BCUT2D eigenvalue weighted by atomic mass is 9.63. The van der Waals surface area contributed by atoms with Gasteiger partial charge < -0.3 is 9.30 Å². The van der Waals surface area contributed by atoms with E-state index < -0.39 is 136 Å². The van der Waals surface area contributed by atoms with Gasteiger partial charge in [0.1, 0.15) is 11.5 Å². The van der Waals surface area contributed by atoms with Crippen molar-refractivity contribution in [3.63, 3.8) is 0 Å². The lowest BCUT2D eigenvalue weighted by molar-refractivity contribution is 0.434. The number of aromatic nitrogens is 1. The minimum atomic E-state index is -2.83. The van der Waals surface area contributed by atoms with E-state index in [4.69, 9.17) is 17.1 Å². The Morgan fingerprint density at radius 3 is 2.18 bits per heavy atom. The van der Waals surface area contributed by atoms with Crippen LogP contribution in [0.25, 0.3) is 49.4 Å². The number of fused-ring (bicyclic) bond motifs is 7. The van der Waals surface area contributed by atoms with Crippen molar-refractivity contribution in [2.45, 2.75) is 5.41 Å². The molecule has 10 rings (SSSR count). The molecule has 49 heavy (non-hydrogen) atoms. The van der Waals surface area contributed by atoms with Crippen LogP contribution in [0.4, 0.5) is 0 Å². The second-order valence-corrected chi connectivity index (χ2v) is 11.6. The Morgan fingerprint density at radius 2 is 1.29 bits per heavy atom. The van der Waals surface area contributed by atoms with E-state index >= 15 is 0 Å².